The molecule has 46 heavy (non-hydrogen) atoms. The number of halogens is 3. The average Bonchev–Trinajstić information content (AvgIpc) is 3.68. The first-order chi connectivity index (χ1) is 22.3. The Morgan fingerprint density at radius 3 is 2.89 bits per heavy atom. The number of benzene rings is 2. The molecular formula is C34H35F3N6O3. The van der Waals surface area contributed by atoms with Crippen molar-refractivity contribution in [2.24, 2.45) is 0 Å². The van der Waals surface area contributed by atoms with Gasteiger partial charge in [0.2, 0.25) is 5.88 Å². The zero-order valence-electron chi connectivity index (χ0n) is 25.5. The molecule has 5 atom stereocenters. The number of ether oxygens (including phenoxy) is 2. The van der Waals surface area contributed by atoms with Crippen molar-refractivity contribution in [1.29, 1.82) is 0 Å². The molecule has 5 aliphatic rings. The minimum absolute atomic E-state index is 0.0145. The second kappa shape index (κ2) is 10.3. The highest BCUT2D eigenvalue weighted by Gasteiger charge is 2.50. The molecule has 0 spiro atoms. The molecule has 0 radical (unpaired) electrons. The van der Waals surface area contributed by atoms with E-state index in [4.69, 9.17) is 19.4 Å². The van der Waals surface area contributed by atoms with Crippen molar-refractivity contribution < 1.29 is 27.8 Å². The summed E-state index contributed by atoms with van der Waals surface area (Å²) in [7, 11) is 0. The van der Waals surface area contributed by atoms with Crippen LogP contribution < -0.4 is 19.7 Å². The zero-order chi connectivity index (χ0) is 31.3. The maximum atomic E-state index is 17.1. The van der Waals surface area contributed by atoms with Crippen LogP contribution in [0.15, 0.2) is 24.3 Å². The number of aryl methyl sites for hydroxylation is 1. The lowest BCUT2D eigenvalue weighted by Crippen LogP contribution is -2.60. The van der Waals surface area contributed by atoms with Gasteiger partial charge in [0.1, 0.15) is 53.4 Å². The summed E-state index contributed by atoms with van der Waals surface area (Å²) in [5.74, 6) is -0.568. The summed E-state index contributed by atoms with van der Waals surface area (Å²) in [6.07, 6.45) is 3.62. The lowest BCUT2D eigenvalue weighted by atomic mass is 9.94. The topological polar surface area (TPSA) is 95.9 Å². The van der Waals surface area contributed by atoms with Crippen molar-refractivity contribution in [2.45, 2.75) is 75.3 Å². The standard InChI is InChI=1S/C34H35F3N6O3/c1-2-21-23(36)6-4-17-10-20(44)11-22(26(17)21)29-28(37)30-27-31(43-14-19-5-7-24(38-19)25(43)15-45-32(27)39-29)41-33(40-30)46-16-34-8-3-9-42(34)13-18(35)12-34/h4,6,10-11,18-19,24-25,38,44H,2-3,5,7-9,12-16H2,1H3/t18-,19+,24-,25-,34-/m1/s1. The Bertz CT molecular complexity index is 1910. The molecule has 0 aliphatic carbocycles. The van der Waals surface area contributed by atoms with Gasteiger partial charge in [-0.25, -0.2) is 18.2 Å². The van der Waals surface area contributed by atoms with Gasteiger partial charge in [-0.05, 0) is 73.2 Å². The number of alkyl halides is 1. The van der Waals surface area contributed by atoms with Crippen molar-refractivity contribution >= 4 is 27.5 Å². The molecule has 5 aliphatic heterocycles. The van der Waals surface area contributed by atoms with Gasteiger partial charge in [0.15, 0.2) is 5.82 Å². The molecule has 4 aromatic rings. The predicted molar refractivity (Wildman–Crippen MR) is 166 cm³/mol. The first-order valence-corrected chi connectivity index (χ1v) is 16.3. The third-order valence-corrected chi connectivity index (χ3v) is 10.9. The summed E-state index contributed by atoms with van der Waals surface area (Å²) in [6.45, 7) is 4.21. The quantitative estimate of drug-likeness (QED) is 0.314. The first-order valence-electron chi connectivity index (χ1n) is 16.3. The van der Waals surface area contributed by atoms with E-state index in [9.17, 15) is 9.50 Å². The van der Waals surface area contributed by atoms with Crippen LogP contribution in [0.2, 0.25) is 0 Å². The second-order valence-corrected chi connectivity index (χ2v) is 13.5. The van der Waals surface area contributed by atoms with Crippen LogP contribution in [-0.2, 0) is 6.42 Å². The second-order valence-electron chi connectivity index (χ2n) is 13.5. The van der Waals surface area contributed by atoms with Gasteiger partial charge in [-0.15, -0.1) is 0 Å². The van der Waals surface area contributed by atoms with Gasteiger partial charge in [0.05, 0.1) is 11.6 Å². The summed E-state index contributed by atoms with van der Waals surface area (Å²) >= 11 is 0. The minimum atomic E-state index is -0.913. The van der Waals surface area contributed by atoms with Crippen LogP contribution in [0.1, 0.15) is 44.6 Å². The molecule has 9 nitrogen and oxygen atoms in total. The molecule has 4 fully saturated rings. The fourth-order valence-corrected chi connectivity index (χ4v) is 8.84. The highest BCUT2D eigenvalue weighted by Crippen LogP contribution is 2.45. The van der Waals surface area contributed by atoms with Crippen LogP contribution in [0.3, 0.4) is 0 Å². The Labute approximate surface area is 263 Å². The number of anilines is 1. The molecule has 2 bridgehead atoms. The summed E-state index contributed by atoms with van der Waals surface area (Å²) in [5.41, 5.74) is 0.0926. The van der Waals surface area contributed by atoms with E-state index in [1.165, 1.54) is 18.2 Å². The summed E-state index contributed by atoms with van der Waals surface area (Å²) < 4.78 is 59.3. The van der Waals surface area contributed by atoms with Crippen molar-refractivity contribution in [3.05, 3.63) is 41.5 Å². The number of fused-ring (bicyclic) bond motifs is 7. The molecule has 4 saturated heterocycles. The van der Waals surface area contributed by atoms with Crippen LogP contribution in [-0.4, -0.2) is 87.6 Å². The van der Waals surface area contributed by atoms with Crippen molar-refractivity contribution in [3.8, 4) is 28.9 Å². The zero-order valence-corrected chi connectivity index (χ0v) is 25.5. The maximum absolute atomic E-state index is 17.1. The van der Waals surface area contributed by atoms with Crippen molar-refractivity contribution in [1.82, 2.24) is 25.2 Å². The SMILES string of the molecule is CCc1c(F)ccc2cc(O)cc(-c3nc4c5c(nc(OC[C@]67CCCN6C[C@H](F)C7)nc5c3F)N3C[C@@H]5CC[C@@H](N5)[C@H]3CO4)c12. The molecule has 2 aromatic heterocycles. The number of piperazine rings is 1. The molecule has 2 N–H and O–H groups in total. The molecule has 0 amide bonds. The Kier molecular flexibility index (Phi) is 6.34. The first kappa shape index (κ1) is 28.3. The van der Waals surface area contributed by atoms with Gasteiger partial charge < -0.3 is 24.8 Å². The van der Waals surface area contributed by atoms with E-state index in [1.54, 1.807) is 6.07 Å². The van der Waals surface area contributed by atoms with Gasteiger partial charge in [-0.3, -0.25) is 4.90 Å². The third kappa shape index (κ3) is 4.18. The summed E-state index contributed by atoms with van der Waals surface area (Å²) in [4.78, 5) is 18.6. The minimum Gasteiger partial charge on any atom is -0.508 e. The van der Waals surface area contributed by atoms with Gasteiger partial charge >= 0.3 is 6.01 Å². The van der Waals surface area contributed by atoms with E-state index in [1.807, 2.05) is 6.92 Å². The Balaban J connectivity index is 1.24. The number of phenols is 1. The largest absolute Gasteiger partial charge is 0.508 e. The molecule has 12 heteroatoms. The highest BCUT2D eigenvalue weighted by molar-refractivity contribution is 6.03. The smallest absolute Gasteiger partial charge is 0.319 e. The molecule has 2 aromatic carbocycles. The van der Waals surface area contributed by atoms with Crippen molar-refractivity contribution in [3.63, 3.8) is 0 Å². The number of hydrogen-bond acceptors (Lipinski definition) is 9. The summed E-state index contributed by atoms with van der Waals surface area (Å²) in [6, 6.07) is 6.25. The maximum Gasteiger partial charge on any atom is 0.319 e. The van der Waals surface area contributed by atoms with Gasteiger partial charge in [-0.2, -0.15) is 9.97 Å². The number of aromatic nitrogens is 3. The molecule has 0 unspecified atom stereocenters. The average molecular weight is 633 g/mol. The summed E-state index contributed by atoms with van der Waals surface area (Å²) in [5, 5.41) is 15.8. The van der Waals surface area contributed by atoms with Gasteiger partial charge in [0.25, 0.3) is 0 Å². The van der Waals surface area contributed by atoms with E-state index in [2.05, 4.69) is 20.1 Å². The van der Waals surface area contributed by atoms with E-state index in [0.29, 0.717) is 60.1 Å². The number of aromatic hydroxyl groups is 1. The molecule has 9 rings (SSSR count). The molecule has 0 saturated carbocycles. The number of hydrogen-bond donors (Lipinski definition) is 2. The number of nitrogens with one attached hydrogen (secondary N) is 1. The van der Waals surface area contributed by atoms with Crippen molar-refractivity contribution in [2.75, 3.05) is 37.7 Å². The lowest BCUT2D eigenvalue weighted by molar-refractivity contribution is 0.107. The Morgan fingerprint density at radius 1 is 1.13 bits per heavy atom. The molecule has 7 heterocycles. The number of phenolic OH excluding ortho intramolecular Hbond substituents is 1. The highest BCUT2D eigenvalue weighted by atomic mass is 19.1. The third-order valence-electron chi connectivity index (χ3n) is 10.9. The van der Waals surface area contributed by atoms with Crippen LogP contribution in [0.5, 0.6) is 17.6 Å². The van der Waals surface area contributed by atoms with Crippen LogP contribution in [0.4, 0.5) is 19.0 Å². The van der Waals surface area contributed by atoms with Crippen LogP contribution in [0.25, 0.3) is 32.9 Å². The van der Waals surface area contributed by atoms with Gasteiger partial charge in [0, 0.05) is 37.2 Å². The molecular weight excluding hydrogens is 597 g/mol. The fourth-order valence-electron chi connectivity index (χ4n) is 8.84. The number of pyridine rings is 1. The van der Waals surface area contributed by atoms with E-state index in [-0.39, 0.29) is 59.1 Å². The Morgan fingerprint density at radius 2 is 2.02 bits per heavy atom. The monoisotopic (exact) mass is 632 g/mol. The number of rotatable bonds is 5. The predicted octanol–water partition coefficient (Wildman–Crippen LogP) is 5.05. The molecule has 240 valence electrons. The fraction of sp³-hybridized carbons (Fsp3) is 0.500. The Hall–Kier alpha value is -3.90. The van der Waals surface area contributed by atoms with E-state index in [0.717, 1.165) is 32.2 Å². The van der Waals surface area contributed by atoms with Crippen LogP contribution >= 0.6 is 0 Å². The van der Waals surface area contributed by atoms with Crippen LogP contribution in [0, 0.1) is 11.6 Å². The normalized spacial score (nSPS) is 28.4. The van der Waals surface area contributed by atoms with Gasteiger partial charge in [-0.1, -0.05) is 13.0 Å². The van der Waals surface area contributed by atoms with E-state index < -0.39 is 23.3 Å². The number of nitrogens with zero attached hydrogens (tertiary/aromatic N) is 5. The lowest BCUT2D eigenvalue weighted by Gasteiger charge is -2.40. The van der Waals surface area contributed by atoms with E-state index >= 15 is 8.78 Å².